The molecule has 0 aromatic heterocycles. The molecule has 1 atom stereocenters. The molecule has 0 amide bonds. The van der Waals surface area contributed by atoms with Crippen LogP contribution in [0.3, 0.4) is 0 Å². The maximum Gasteiger partial charge on any atom is 0.264 e. The van der Waals surface area contributed by atoms with Gasteiger partial charge in [0.25, 0.3) is 10.1 Å². The van der Waals surface area contributed by atoms with Gasteiger partial charge in [-0.2, -0.15) is 8.42 Å². The van der Waals surface area contributed by atoms with Gasteiger partial charge in [-0.05, 0) is 19.3 Å². The minimum Gasteiger partial charge on any atom is -0.393 e. The Morgan fingerprint density at radius 1 is 0.552 bits per heavy atom. The summed E-state index contributed by atoms with van der Waals surface area (Å²) in [4.78, 5) is 0. The van der Waals surface area contributed by atoms with Crippen molar-refractivity contribution in [2.45, 2.75) is 148 Å². The predicted octanol–water partition coefficient (Wildman–Crippen LogP) is 7.45. The minimum atomic E-state index is -3.76. The molecule has 0 radical (unpaired) electrons. The van der Waals surface area contributed by atoms with E-state index in [1.165, 1.54) is 103 Å². The van der Waals surface area contributed by atoms with Crippen molar-refractivity contribution in [2.75, 3.05) is 5.75 Å². The van der Waals surface area contributed by atoms with E-state index in [0.717, 1.165) is 25.7 Å². The van der Waals surface area contributed by atoms with Gasteiger partial charge < -0.3 is 5.11 Å². The van der Waals surface area contributed by atoms with E-state index in [-0.39, 0.29) is 11.9 Å². The van der Waals surface area contributed by atoms with Crippen LogP contribution in [0.1, 0.15) is 142 Å². The first-order valence-electron chi connectivity index (χ1n) is 12.6. The van der Waals surface area contributed by atoms with E-state index in [0.29, 0.717) is 6.42 Å². The Balaban J connectivity index is 3.07. The standard InChI is InChI=1S/C24H50O4S/c1-2-24(25)22-20-18-16-14-12-10-8-6-4-3-5-7-9-11-13-15-17-19-21-23-29(26,27)28/h24-25H,2-23H2,1H3,(H,26,27,28). The van der Waals surface area contributed by atoms with Crippen LogP contribution in [-0.2, 0) is 10.1 Å². The Hall–Kier alpha value is -0.130. The molecule has 0 bridgehead atoms. The zero-order valence-corrected chi connectivity index (χ0v) is 20.1. The molecule has 2 N–H and O–H groups in total. The fraction of sp³-hybridized carbons (Fsp3) is 1.00. The molecule has 176 valence electrons. The molecule has 0 spiro atoms. The van der Waals surface area contributed by atoms with Crippen LogP contribution in [0, 0.1) is 0 Å². The van der Waals surface area contributed by atoms with Crippen molar-refractivity contribution in [1.82, 2.24) is 0 Å². The van der Waals surface area contributed by atoms with Gasteiger partial charge in [0.1, 0.15) is 0 Å². The lowest BCUT2D eigenvalue weighted by atomic mass is 10.0. The maximum absolute atomic E-state index is 10.6. The summed E-state index contributed by atoms with van der Waals surface area (Å²) in [5.74, 6) is -0.0854. The average Bonchev–Trinajstić information content (AvgIpc) is 2.68. The number of hydrogen-bond donors (Lipinski definition) is 2. The summed E-state index contributed by atoms with van der Waals surface area (Å²) < 4.78 is 29.9. The lowest BCUT2D eigenvalue weighted by Crippen LogP contribution is -2.03. The Bertz CT molecular complexity index is 423. The zero-order valence-electron chi connectivity index (χ0n) is 19.3. The van der Waals surface area contributed by atoms with E-state index in [1.807, 2.05) is 0 Å². The largest absolute Gasteiger partial charge is 0.393 e. The van der Waals surface area contributed by atoms with Gasteiger partial charge >= 0.3 is 0 Å². The molecule has 0 rings (SSSR count). The smallest absolute Gasteiger partial charge is 0.264 e. The lowest BCUT2D eigenvalue weighted by molar-refractivity contribution is 0.156. The van der Waals surface area contributed by atoms with Crippen LogP contribution in [0.2, 0.25) is 0 Å². The van der Waals surface area contributed by atoms with Crippen LogP contribution < -0.4 is 0 Å². The normalized spacial score (nSPS) is 13.1. The van der Waals surface area contributed by atoms with Crippen molar-refractivity contribution < 1.29 is 18.1 Å². The van der Waals surface area contributed by atoms with Gasteiger partial charge in [0, 0.05) is 0 Å². The van der Waals surface area contributed by atoms with Gasteiger partial charge in [-0.25, -0.2) is 0 Å². The van der Waals surface area contributed by atoms with E-state index < -0.39 is 10.1 Å². The minimum absolute atomic E-state index is 0.0761. The zero-order chi connectivity index (χ0) is 21.6. The van der Waals surface area contributed by atoms with Crippen molar-refractivity contribution in [3.63, 3.8) is 0 Å². The fourth-order valence-electron chi connectivity index (χ4n) is 3.87. The molecule has 0 fully saturated rings. The number of aliphatic hydroxyl groups is 1. The highest BCUT2D eigenvalue weighted by atomic mass is 32.2. The molecule has 0 aliphatic heterocycles. The number of hydrogen-bond acceptors (Lipinski definition) is 3. The fourth-order valence-corrected chi connectivity index (χ4v) is 4.44. The number of aliphatic hydroxyl groups excluding tert-OH is 1. The highest BCUT2D eigenvalue weighted by Crippen LogP contribution is 2.15. The lowest BCUT2D eigenvalue weighted by Gasteiger charge is -2.06. The summed E-state index contributed by atoms with van der Waals surface area (Å²) in [6.07, 6.45) is 25.7. The van der Waals surface area contributed by atoms with Crippen molar-refractivity contribution in [3.8, 4) is 0 Å². The molecular formula is C24H50O4S. The SMILES string of the molecule is CCC(O)CCCCCCCCCCCCCCCCCCCCCS(=O)(=O)O. The summed E-state index contributed by atoms with van der Waals surface area (Å²) in [6.45, 7) is 2.05. The van der Waals surface area contributed by atoms with Crippen molar-refractivity contribution in [2.24, 2.45) is 0 Å². The second-order valence-corrected chi connectivity index (χ2v) is 10.4. The molecule has 0 saturated heterocycles. The van der Waals surface area contributed by atoms with E-state index in [2.05, 4.69) is 6.92 Å². The van der Waals surface area contributed by atoms with Crippen LogP contribution in [0.5, 0.6) is 0 Å². The van der Waals surface area contributed by atoms with Gasteiger partial charge in [0.2, 0.25) is 0 Å². The summed E-state index contributed by atoms with van der Waals surface area (Å²) >= 11 is 0. The maximum atomic E-state index is 10.6. The van der Waals surface area contributed by atoms with Crippen LogP contribution in [0.25, 0.3) is 0 Å². The summed E-state index contributed by atoms with van der Waals surface area (Å²) in [5.41, 5.74) is 0. The van der Waals surface area contributed by atoms with Gasteiger partial charge in [-0.15, -0.1) is 0 Å². The van der Waals surface area contributed by atoms with Gasteiger partial charge in [0.05, 0.1) is 11.9 Å². The molecule has 4 nitrogen and oxygen atoms in total. The molecule has 0 heterocycles. The van der Waals surface area contributed by atoms with E-state index >= 15 is 0 Å². The van der Waals surface area contributed by atoms with E-state index in [1.54, 1.807) is 0 Å². The molecule has 0 aliphatic rings. The highest BCUT2D eigenvalue weighted by Gasteiger charge is 2.03. The first-order chi connectivity index (χ1) is 14.0. The molecule has 0 aliphatic carbocycles. The predicted molar refractivity (Wildman–Crippen MR) is 125 cm³/mol. The quantitative estimate of drug-likeness (QED) is 0.129. The number of rotatable bonds is 23. The Labute approximate surface area is 182 Å². The topological polar surface area (TPSA) is 74.6 Å². The number of unbranched alkanes of at least 4 members (excludes halogenated alkanes) is 18. The summed E-state index contributed by atoms with van der Waals surface area (Å²) in [5, 5.41) is 9.51. The Morgan fingerprint density at radius 2 is 0.828 bits per heavy atom. The van der Waals surface area contributed by atoms with Crippen molar-refractivity contribution in [1.29, 1.82) is 0 Å². The van der Waals surface area contributed by atoms with E-state index in [4.69, 9.17) is 4.55 Å². The summed E-state index contributed by atoms with van der Waals surface area (Å²) in [7, 11) is -3.76. The Kier molecular flexibility index (Phi) is 21.0. The van der Waals surface area contributed by atoms with Crippen LogP contribution in [0.15, 0.2) is 0 Å². The van der Waals surface area contributed by atoms with Crippen LogP contribution in [-0.4, -0.2) is 29.9 Å². The highest BCUT2D eigenvalue weighted by molar-refractivity contribution is 7.85. The third kappa shape index (κ3) is 25.8. The van der Waals surface area contributed by atoms with Crippen LogP contribution in [0.4, 0.5) is 0 Å². The van der Waals surface area contributed by atoms with Crippen LogP contribution >= 0.6 is 0 Å². The third-order valence-corrected chi connectivity index (χ3v) is 6.72. The van der Waals surface area contributed by atoms with Gasteiger partial charge in [0.15, 0.2) is 0 Å². The Morgan fingerprint density at radius 3 is 1.10 bits per heavy atom. The second kappa shape index (κ2) is 21.1. The molecule has 1 unspecified atom stereocenters. The molecular weight excluding hydrogens is 384 g/mol. The molecule has 29 heavy (non-hydrogen) atoms. The monoisotopic (exact) mass is 434 g/mol. The molecule has 0 aromatic carbocycles. The molecule has 0 aromatic rings. The third-order valence-electron chi connectivity index (χ3n) is 5.91. The molecule has 5 heteroatoms. The molecule has 0 saturated carbocycles. The van der Waals surface area contributed by atoms with E-state index in [9.17, 15) is 13.5 Å². The van der Waals surface area contributed by atoms with Gasteiger partial charge in [-0.1, -0.05) is 122 Å². The van der Waals surface area contributed by atoms with Crippen molar-refractivity contribution in [3.05, 3.63) is 0 Å². The van der Waals surface area contributed by atoms with Gasteiger partial charge in [-0.3, -0.25) is 4.55 Å². The average molecular weight is 435 g/mol. The first-order valence-corrected chi connectivity index (χ1v) is 14.2. The first kappa shape index (κ1) is 28.9. The second-order valence-electron chi connectivity index (χ2n) is 8.85. The van der Waals surface area contributed by atoms with Crippen molar-refractivity contribution >= 4 is 10.1 Å². The summed E-state index contributed by atoms with van der Waals surface area (Å²) in [6, 6.07) is 0.